The van der Waals surface area contributed by atoms with Crippen molar-refractivity contribution in [2.45, 2.75) is 60.5 Å². The molecule has 0 aliphatic carbocycles. The molecule has 0 bridgehead atoms. The second-order valence-corrected chi connectivity index (χ2v) is 4.58. The molecule has 1 fully saturated rings. The summed E-state index contributed by atoms with van der Waals surface area (Å²) in [6, 6.07) is 0. The fourth-order valence-electron chi connectivity index (χ4n) is 1.32. The average Bonchev–Trinajstić information content (AvgIpc) is 2.82. The number of amides is 1. The number of rotatable bonds is 0. The molecule has 1 aliphatic rings. The van der Waals surface area contributed by atoms with Crippen LogP contribution < -0.4 is 0 Å². The first-order valence-corrected chi connectivity index (χ1v) is 10.1. The molecular formula is C14H31INO2SZn+. The van der Waals surface area contributed by atoms with Crippen LogP contribution in [0.2, 0.25) is 0 Å². The summed E-state index contributed by atoms with van der Waals surface area (Å²) in [6.45, 7) is 19.1. The van der Waals surface area contributed by atoms with Gasteiger partial charge < -0.3 is 16.6 Å². The normalized spacial score (nSPS) is 16.1. The van der Waals surface area contributed by atoms with Gasteiger partial charge in [-0.1, -0.05) is 34.1 Å². The first-order valence-electron chi connectivity index (χ1n) is 6.86. The van der Waals surface area contributed by atoms with Crippen LogP contribution in [0.1, 0.15) is 54.9 Å². The summed E-state index contributed by atoms with van der Waals surface area (Å²) in [4.78, 5) is 13.2. The standard InChI is InChI=1S/C10H18NO2.2C2H6.HIS.Zn/c1-8-5-6-11(7-8)9(12)13-10(2,3)4;3*1-2;/h8H,1,5-7H2,2-4H3;2*1-2H3;2H;/q-1;;;;+2/t8-;;;;/m1..../s1. The van der Waals surface area contributed by atoms with Crippen molar-refractivity contribution in [2.75, 3.05) is 13.1 Å². The van der Waals surface area contributed by atoms with Gasteiger partial charge >= 0.3 is 25.6 Å². The molecule has 0 spiro atoms. The molecule has 0 N–H and O–H groups in total. The number of hydrogen-bond donors (Lipinski definition) is 1. The molecule has 0 unspecified atom stereocenters. The molecule has 1 saturated heterocycles. The van der Waals surface area contributed by atoms with E-state index in [-0.39, 0.29) is 25.6 Å². The van der Waals surface area contributed by atoms with Gasteiger partial charge in [-0.15, -0.1) is 15.7 Å². The summed E-state index contributed by atoms with van der Waals surface area (Å²) in [5.74, 6) is 0.368. The predicted octanol–water partition coefficient (Wildman–Crippen LogP) is 5.39. The minimum absolute atomic E-state index is 0. The van der Waals surface area contributed by atoms with Crippen LogP contribution in [0.5, 0.6) is 0 Å². The van der Waals surface area contributed by atoms with E-state index < -0.39 is 5.60 Å². The topological polar surface area (TPSA) is 29.5 Å². The summed E-state index contributed by atoms with van der Waals surface area (Å²) in [7, 11) is 3.50. The van der Waals surface area contributed by atoms with Crippen molar-refractivity contribution in [3.8, 4) is 0 Å². The Morgan fingerprint density at radius 2 is 1.65 bits per heavy atom. The number of carbonyl (C=O) groups excluding carboxylic acids is 1. The van der Waals surface area contributed by atoms with Gasteiger partial charge in [0.2, 0.25) is 0 Å². The van der Waals surface area contributed by atoms with Crippen LogP contribution in [0, 0.1) is 12.8 Å². The van der Waals surface area contributed by atoms with Gasteiger partial charge in [0, 0.05) is 6.54 Å². The number of ether oxygens (including phenoxy) is 1. The number of halogens is 1. The van der Waals surface area contributed by atoms with Gasteiger partial charge in [0.15, 0.2) is 0 Å². The van der Waals surface area contributed by atoms with E-state index in [0.717, 1.165) is 19.5 Å². The van der Waals surface area contributed by atoms with Gasteiger partial charge in [0.1, 0.15) is 5.60 Å². The molecule has 20 heavy (non-hydrogen) atoms. The monoisotopic (exact) mass is 468 g/mol. The van der Waals surface area contributed by atoms with Crippen LogP contribution in [0.3, 0.4) is 0 Å². The third kappa shape index (κ3) is 17.0. The number of thiol groups is 1. The molecule has 3 nitrogen and oxygen atoms in total. The summed E-state index contributed by atoms with van der Waals surface area (Å²) >= 11 is 1.84. The molecule has 0 aromatic carbocycles. The molecule has 1 aliphatic heterocycles. The van der Waals surface area contributed by atoms with E-state index in [4.69, 9.17) is 4.74 Å². The molecule has 6 heteroatoms. The Hall–Kier alpha value is 0.973. The van der Waals surface area contributed by atoms with Crippen LogP contribution in [0.15, 0.2) is 0 Å². The van der Waals surface area contributed by atoms with E-state index in [1.165, 1.54) is 0 Å². The summed E-state index contributed by atoms with van der Waals surface area (Å²) in [5.41, 5.74) is -0.393. The second kappa shape index (κ2) is 18.0. The van der Waals surface area contributed by atoms with Gasteiger partial charge in [-0.05, 0) is 48.5 Å². The quantitative estimate of drug-likeness (QED) is 0.223. The molecule has 0 saturated carbocycles. The van der Waals surface area contributed by atoms with E-state index in [0.29, 0.717) is 5.92 Å². The van der Waals surface area contributed by atoms with E-state index in [2.05, 4.69) is 16.7 Å². The van der Waals surface area contributed by atoms with Crippen LogP contribution in [-0.4, -0.2) is 29.7 Å². The van der Waals surface area contributed by atoms with Gasteiger partial charge in [0.05, 0.1) is 0 Å². The first kappa shape index (κ1) is 29.0. The molecule has 1 rings (SSSR count). The predicted molar refractivity (Wildman–Crippen MR) is 97.0 cm³/mol. The summed E-state index contributed by atoms with van der Waals surface area (Å²) < 4.78 is 5.23. The van der Waals surface area contributed by atoms with Crippen molar-refractivity contribution in [2.24, 2.45) is 5.92 Å². The fourth-order valence-corrected chi connectivity index (χ4v) is 1.32. The van der Waals surface area contributed by atoms with Crippen molar-refractivity contribution in [1.29, 1.82) is 0 Å². The zero-order valence-electron chi connectivity index (χ0n) is 14.2. The summed E-state index contributed by atoms with van der Waals surface area (Å²) in [5, 5.41) is 0. The molecule has 0 radical (unpaired) electrons. The van der Waals surface area contributed by atoms with Crippen molar-refractivity contribution in [3.63, 3.8) is 0 Å². The van der Waals surface area contributed by atoms with Crippen molar-refractivity contribution < 1.29 is 29.0 Å². The van der Waals surface area contributed by atoms with Crippen LogP contribution in [0.4, 0.5) is 4.79 Å². The van der Waals surface area contributed by atoms with E-state index in [1.807, 2.05) is 69.7 Å². The third-order valence-corrected chi connectivity index (χ3v) is 1.94. The van der Waals surface area contributed by atoms with Gasteiger partial charge in [0.25, 0.3) is 0 Å². The van der Waals surface area contributed by atoms with Crippen molar-refractivity contribution >= 4 is 37.1 Å². The summed E-state index contributed by atoms with van der Waals surface area (Å²) in [6.07, 6.45) is 0.776. The SMILES string of the molecule is CC.CC.SI.[CH2-][C@@H]1CCN(C(=O)OC(C)(C)C)C1.[Zn+2]. The van der Waals surface area contributed by atoms with Gasteiger partial charge in [-0.25, -0.2) is 4.79 Å². The second-order valence-electron chi connectivity index (χ2n) is 4.58. The number of nitrogens with zero attached hydrogens (tertiary/aromatic N) is 1. The van der Waals surface area contributed by atoms with Gasteiger partial charge in [-0.3, -0.25) is 0 Å². The van der Waals surface area contributed by atoms with Crippen LogP contribution >= 0.6 is 31.0 Å². The van der Waals surface area contributed by atoms with E-state index in [9.17, 15) is 4.79 Å². The molecule has 1 amide bonds. The maximum absolute atomic E-state index is 11.5. The first-order chi connectivity index (χ1) is 8.88. The molecule has 0 aromatic heterocycles. The number of carbonyl (C=O) groups is 1. The Balaban J connectivity index is -0.000000162. The fraction of sp³-hybridized carbons (Fsp3) is 0.857. The number of hydrogen-bond acceptors (Lipinski definition) is 3. The Morgan fingerprint density at radius 1 is 1.25 bits per heavy atom. The number of likely N-dealkylation sites (tertiary alicyclic amines) is 1. The molecule has 1 heterocycles. The van der Waals surface area contributed by atoms with Crippen molar-refractivity contribution in [3.05, 3.63) is 6.92 Å². The van der Waals surface area contributed by atoms with Crippen LogP contribution in [0.25, 0.3) is 0 Å². The molecule has 0 aromatic rings. The molecule has 1 atom stereocenters. The maximum atomic E-state index is 11.5. The van der Waals surface area contributed by atoms with Crippen LogP contribution in [-0.2, 0) is 24.2 Å². The zero-order valence-corrected chi connectivity index (χ0v) is 20.2. The Labute approximate surface area is 156 Å². The minimum Gasteiger partial charge on any atom is -0.444 e. The van der Waals surface area contributed by atoms with E-state index >= 15 is 0 Å². The average molecular weight is 470 g/mol. The van der Waals surface area contributed by atoms with Gasteiger partial charge in [-0.2, -0.15) is 0 Å². The smallest absolute Gasteiger partial charge is 0.444 e. The van der Waals surface area contributed by atoms with Crippen molar-refractivity contribution in [1.82, 2.24) is 4.90 Å². The third-order valence-electron chi connectivity index (χ3n) is 1.94. The largest absolute Gasteiger partial charge is 2.00 e. The molecule has 118 valence electrons. The minimum atomic E-state index is -0.393. The zero-order chi connectivity index (χ0) is 16.1. The van der Waals surface area contributed by atoms with E-state index in [1.54, 1.807) is 4.90 Å². The molecular weight excluding hydrogens is 439 g/mol. The Bertz CT molecular complexity index is 214. The Kier molecular flexibility index (Phi) is 26.2. The Morgan fingerprint density at radius 3 is 1.90 bits per heavy atom. The maximum Gasteiger partial charge on any atom is 2.00 e.